The zero-order valence-corrected chi connectivity index (χ0v) is 15.2. The summed E-state index contributed by atoms with van der Waals surface area (Å²) < 4.78 is 10.3. The molecule has 140 valence electrons. The molecule has 2 rings (SSSR count). The SMILES string of the molecule is CCOC(=O)N1CCC(NC(=O)c2coc(C(N)CC(C)C)n2)CC1. The number of carbonyl (C=O) groups is 2. The molecule has 1 unspecified atom stereocenters. The van der Waals surface area contributed by atoms with Crippen molar-refractivity contribution in [2.75, 3.05) is 19.7 Å². The van der Waals surface area contributed by atoms with Crippen molar-refractivity contribution in [2.45, 2.75) is 52.1 Å². The van der Waals surface area contributed by atoms with Crippen LogP contribution in [0.4, 0.5) is 4.79 Å². The molecule has 1 atom stereocenters. The second-order valence-electron chi connectivity index (χ2n) is 6.74. The molecule has 1 fully saturated rings. The minimum absolute atomic E-state index is 0.00247. The molecule has 0 bridgehead atoms. The first kappa shape index (κ1) is 19.2. The van der Waals surface area contributed by atoms with Gasteiger partial charge in [0.1, 0.15) is 6.26 Å². The number of nitrogens with zero attached hydrogens (tertiary/aromatic N) is 2. The predicted octanol–water partition coefficient (Wildman–Crippen LogP) is 2.07. The van der Waals surface area contributed by atoms with Gasteiger partial charge in [-0.3, -0.25) is 4.79 Å². The summed E-state index contributed by atoms with van der Waals surface area (Å²) in [6.45, 7) is 7.41. The smallest absolute Gasteiger partial charge is 0.409 e. The number of piperidine rings is 1. The van der Waals surface area contributed by atoms with Crippen LogP contribution in [0.5, 0.6) is 0 Å². The van der Waals surface area contributed by atoms with Gasteiger partial charge in [0.05, 0.1) is 12.6 Å². The van der Waals surface area contributed by atoms with Crippen molar-refractivity contribution in [1.82, 2.24) is 15.2 Å². The van der Waals surface area contributed by atoms with E-state index in [0.717, 1.165) is 6.42 Å². The number of likely N-dealkylation sites (tertiary alicyclic amines) is 1. The van der Waals surface area contributed by atoms with E-state index in [0.29, 0.717) is 44.3 Å². The molecule has 0 spiro atoms. The van der Waals surface area contributed by atoms with E-state index < -0.39 is 0 Å². The number of oxazole rings is 1. The van der Waals surface area contributed by atoms with Crippen LogP contribution in [-0.2, 0) is 4.74 Å². The lowest BCUT2D eigenvalue weighted by molar-refractivity contribution is 0.0856. The fraction of sp³-hybridized carbons (Fsp3) is 0.706. The van der Waals surface area contributed by atoms with Gasteiger partial charge < -0.3 is 25.1 Å². The molecule has 8 heteroatoms. The van der Waals surface area contributed by atoms with E-state index in [4.69, 9.17) is 14.9 Å². The van der Waals surface area contributed by atoms with E-state index in [1.54, 1.807) is 11.8 Å². The highest BCUT2D eigenvalue weighted by atomic mass is 16.6. The summed E-state index contributed by atoms with van der Waals surface area (Å²) in [6, 6.07) is -0.308. The minimum Gasteiger partial charge on any atom is -0.450 e. The van der Waals surface area contributed by atoms with Crippen LogP contribution in [0.1, 0.15) is 62.5 Å². The summed E-state index contributed by atoms with van der Waals surface area (Å²) >= 11 is 0. The Balaban J connectivity index is 1.83. The Morgan fingerprint density at radius 1 is 1.44 bits per heavy atom. The molecule has 2 amide bonds. The maximum absolute atomic E-state index is 12.3. The van der Waals surface area contributed by atoms with E-state index in [-0.39, 0.29) is 29.8 Å². The van der Waals surface area contributed by atoms with Crippen molar-refractivity contribution < 1.29 is 18.7 Å². The normalized spacial score (nSPS) is 16.8. The van der Waals surface area contributed by atoms with Gasteiger partial charge in [-0.05, 0) is 32.1 Å². The Morgan fingerprint density at radius 2 is 2.12 bits per heavy atom. The molecule has 25 heavy (non-hydrogen) atoms. The highest BCUT2D eigenvalue weighted by Crippen LogP contribution is 2.18. The van der Waals surface area contributed by atoms with Gasteiger partial charge in [-0.2, -0.15) is 0 Å². The third-order valence-electron chi connectivity index (χ3n) is 4.15. The number of carbonyl (C=O) groups excluding carboxylic acids is 2. The van der Waals surface area contributed by atoms with Crippen LogP contribution in [0.25, 0.3) is 0 Å². The largest absolute Gasteiger partial charge is 0.450 e. The molecule has 0 aromatic carbocycles. The van der Waals surface area contributed by atoms with Crippen LogP contribution >= 0.6 is 0 Å². The van der Waals surface area contributed by atoms with Gasteiger partial charge in [-0.25, -0.2) is 9.78 Å². The minimum atomic E-state index is -0.311. The maximum atomic E-state index is 12.3. The molecule has 0 aliphatic carbocycles. The molecule has 3 N–H and O–H groups in total. The monoisotopic (exact) mass is 352 g/mol. The van der Waals surface area contributed by atoms with Crippen LogP contribution < -0.4 is 11.1 Å². The van der Waals surface area contributed by atoms with Gasteiger partial charge in [-0.1, -0.05) is 13.8 Å². The van der Waals surface area contributed by atoms with Crippen molar-refractivity contribution in [2.24, 2.45) is 11.7 Å². The molecular weight excluding hydrogens is 324 g/mol. The van der Waals surface area contributed by atoms with E-state index in [1.165, 1.54) is 6.26 Å². The molecule has 1 aromatic rings. The molecule has 1 saturated heterocycles. The molecule has 1 aromatic heterocycles. The third kappa shape index (κ3) is 5.45. The number of aromatic nitrogens is 1. The van der Waals surface area contributed by atoms with Gasteiger partial charge in [0, 0.05) is 19.1 Å². The summed E-state index contributed by atoms with van der Waals surface area (Å²) in [6.07, 6.45) is 3.16. The standard InChI is InChI=1S/C17H28N4O4/c1-4-24-17(23)21-7-5-12(6-8-21)19-15(22)14-10-25-16(20-14)13(18)9-11(2)3/h10-13H,4-9,18H2,1-3H3,(H,19,22). The first-order chi connectivity index (χ1) is 11.9. The van der Waals surface area contributed by atoms with Crippen molar-refractivity contribution >= 4 is 12.0 Å². The summed E-state index contributed by atoms with van der Waals surface area (Å²) in [5, 5.41) is 2.94. The van der Waals surface area contributed by atoms with Gasteiger partial charge in [0.15, 0.2) is 5.69 Å². The lowest BCUT2D eigenvalue weighted by Crippen LogP contribution is -2.46. The lowest BCUT2D eigenvalue weighted by Gasteiger charge is -2.31. The zero-order chi connectivity index (χ0) is 18.4. The van der Waals surface area contributed by atoms with E-state index in [2.05, 4.69) is 24.1 Å². The van der Waals surface area contributed by atoms with Crippen LogP contribution in [-0.4, -0.2) is 47.6 Å². The molecule has 1 aliphatic rings. The lowest BCUT2D eigenvalue weighted by atomic mass is 10.0. The van der Waals surface area contributed by atoms with Gasteiger partial charge in [0.2, 0.25) is 5.89 Å². The van der Waals surface area contributed by atoms with E-state index >= 15 is 0 Å². The fourth-order valence-electron chi connectivity index (χ4n) is 2.85. The van der Waals surface area contributed by atoms with Gasteiger partial charge >= 0.3 is 6.09 Å². The summed E-state index contributed by atoms with van der Waals surface area (Å²) in [4.78, 5) is 29.8. The van der Waals surface area contributed by atoms with Crippen LogP contribution in [0, 0.1) is 5.92 Å². The summed E-state index contributed by atoms with van der Waals surface area (Å²) in [5.74, 6) is 0.529. The zero-order valence-electron chi connectivity index (χ0n) is 15.2. The molecule has 0 radical (unpaired) electrons. The first-order valence-electron chi connectivity index (χ1n) is 8.84. The third-order valence-corrected chi connectivity index (χ3v) is 4.15. The number of rotatable bonds is 6. The average molecular weight is 352 g/mol. The van der Waals surface area contributed by atoms with Crippen molar-refractivity contribution in [1.29, 1.82) is 0 Å². The average Bonchev–Trinajstić information content (AvgIpc) is 3.05. The number of hydrogen-bond acceptors (Lipinski definition) is 6. The fourth-order valence-corrected chi connectivity index (χ4v) is 2.85. The van der Waals surface area contributed by atoms with Gasteiger partial charge in [-0.15, -0.1) is 0 Å². The van der Waals surface area contributed by atoms with E-state index in [1.807, 2.05) is 0 Å². The number of amides is 2. The summed E-state index contributed by atoms with van der Waals surface area (Å²) in [7, 11) is 0. The Kier molecular flexibility index (Phi) is 6.81. The van der Waals surface area contributed by atoms with Crippen LogP contribution in [0.15, 0.2) is 10.7 Å². The van der Waals surface area contributed by atoms with Crippen molar-refractivity contribution in [3.05, 3.63) is 17.8 Å². The predicted molar refractivity (Wildman–Crippen MR) is 92.0 cm³/mol. The Labute approximate surface area is 148 Å². The van der Waals surface area contributed by atoms with E-state index in [9.17, 15) is 9.59 Å². The summed E-state index contributed by atoms with van der Waals surface area (Å²) in [5.41, 5.74) is 6.26. The second kappa shape index (κ2) is 8.84. The number of ether oxygens (including phenoxy) is 1. The maximum Gasteiger partial charge on any atom is 0.409 e. The number of nitrogens with two attached hydrogens (primary N) is 1. The van der Waals surface area contributed by atoms with Crippen LogP contribution in [0.3, 0.4) is 0 Å². The molecule has 1 aliphatic heterocycles. The Bertz CT molecular complexity index is 579. The quantitative estimate of drug-likeness (QED) is 0.811. The van der Waals surface area contributed by atoms with Crippen LogP contribution in [0.2, 0.25) is 0 Å². The van der Waals surface area contributed by atoms with Gasteiger partial charge in [0.25, 0.3) is 5.91 Å². The highest BCUT2D eigenvalue weighted by molar-refractivity contribution is 5.92. The first-order valence-corrected chi connectivity index (χ1v) is 8.84. The number of nitrogens with one attached hydrogen (secondary N) is 1. The number of hydrogen-bond donors (Lipinski definition) is 2. The molecular formula is C17H28N4O4. The second-order valence-corrected chi connectivity index (χ2v) is 6.74. The molecule has 8 nitrogen and oxygen atoms in total. The van der Waals surface area contributed by atoms with Crippen molar-refractivity contribution in [3.8, 4) is 0 Å². The Hall–Kier alpha value is -2.09. The topological polar surface area (TPSA) is 111 Å². The Morgan fingerprint density at radius 3 is 2.72 bits per heavy atom. The van der Waals surface area contributed by atoms with Crippen molar-refractivity contribution in [3.63, 3.8) is 0 Å². The highest BCUT2D eigenvalue weighted by Gasteiger charge is 2.26. The molecule has 0 saturated carbocycles. The molecule has 2 heterocycles.